The highest BCUT2D eigenvalue weighted by atomic mass is 32.1. The SMILES string of the molecule is CC(C)(C)OC(=O)[C@H](Cc1ccccc1)NC(=O)C(S)CCNC(=O)OCC1c2ccccc2-c2ccccc21. The van der Waals surface area contributed by atoms with Crippen LogP contribution in [-0.4, -0.2) is 48.0 Å². The molecule has 7 nitrogen and oxygen atoms in total. The Kier molecular flexibility index (Phi) is 9.53. The minimum Gasteiger partial charge on any atom is -0.458 e. The third kappa shape index (κ3) is 7.66. The van der Waals surface area contributed by atoms with Gasteiger partial charge in [-0.25, -0.2) is 9.59 Å². The molecule has 40 heavy (non-hydrogen) atoms. The smallest absolute Gasteiger partial charge is 0.407 e. The van der Waals surface area contributed by atoms with Gasteiger partial charge in [0.15, 0.2) is 0 Å². The highest BCUT2D eigenvalue weighted by Gasteiger charge is 2.30. The summed E-state index contributed by atoms with van der Waals surface area (Å²) in [5.74, 6) is -0.956. The van der Waals surface area contributed by atoms with E-state index in [1.807, 2.05) is 54.6 Å². The summed E-state index contributed by atoms with van der Waals surface area (Å²) in [5, 5.41) is 4.74. The van der Waals surface area contributed by atoms with Crippen molar-refractivity contribution < 1.29 is 23.9 Å². The summed E-state index contributed by atoms with van der Waals surface area (Å²) in [5.41, 5.74) is 4.80. The Morgan fingerprint density at radius 2 is 1.45 bits per heavy atom. The van der Waals surface area contributed by atoms with Crippen LogP contribution >= 0.6 is 12.6 Å². The van der Waals surface area contributed by atoms with E-state index in [4.69, 9.17) is 9.47 Å². The van der Waals surface area contributed by atoms with Gasteiger partial charge < -0.3 is 20.1 Å². The first-order valence-electron chi connectivity index (χ1n) is 13.5. The van der Waals surface area contributed by atoms with Gasteiger partial charge in [-0.05, 0) is 55.0 Å². The molecular formula is C32H36N2O5S. The first-order chi connectivity index (χ1) is 19.1. The average molecular weight is 561 g/mol. The van der Waals surface area contributed by atoms with Crippen LogP contribution in [0.3, 0.4) is 0 Å². The lowest BCUT2D eigenvalue weighted by atomic mass is 9.98. The highest BCUT2D eigenvalue weighted by molar-refractivity contribution is 7.81. The van der Waals surface area contributed by atoms with Gasteiger partial charge in [0.2, 0.25) is 5.91 Å². The van der Waals surface area contributed by atoms with Gasteiger partial charge in [-0.2, -0.15) is 12.6 Å². The molecule has 0 spiro atoms. The number of fused-ring (bicyclic) bond motifs is 3. The lowest BCUT2D eigenvalue weighted by Crippen LogP contribution is -2.48. The number of thiol groups is 1. The van der Waals surface area contributed by atoms with E-state index in [0.717, 1.165) is 27.8 Å². The van der Waals surface area contributed by atoms with Crippen LogP contribution in [0.15, 0.2) is 78.9 Å². The molecular weight excluding hydrogens is 524 g/mol. The number of ether oxygens (including phenoxy) is 2. The number of hydrogen-bond donors (Lipinski definition) is 3. The van der Waals surface area contributed by atoms with Crippen LogP contribution in [0.1, 0.15) is 49.8 Å². The fourth-order valence-electron chi connectivity index (χ4n) is 4.78. The number of esters is 1. The summed E-state index contributed by atoms with van der Waals surface area (Å²) in [4.78, 5) is 38.2. The molecule has 2 atom stereocenters. The molecule has 0 bridgehead atoms. The predicted molar refractivity (Wildman–Crippen MR) is 158 cm³/mol. The Morgan fingerprint density at radius 1 is 0.875 bits per heavy atom. The third-order valence-corrected chi connectivity index (χ3v) is 7.12. The molecule has 210 valence electrons. The van der Waals surface area contributed by atoms with E-state index < -0.39 is 34.9 Å². The normalized spacial score (nSPS) is 13.9. The molecule has 3 aromatic rings. The number of carbonyl (C=O) groups excluding carboxylic acids is 3. The first kappa shape index (κ1) is 29.2. The summed E-state index contributed by atoms with van der Waals surface area (Å²) in [7, 11) is 0. The molecule has 1 aliphatic rings. The maximum atomic E-state index is 12.9. The van der Waals surface area contributed by atoms with E-state index in [1.165, 1.54) is 0 Å². The highest BCUT2D eigenvalue weighted by Crippen LogP contribution is 2.44. The number of alkyl carbamates (subject to hydrolysis) is 1. The maximum absolute atomic E-state index is 12.9. The topological polar surface area (TPSA) is 93.7 Å². The monoisotopic (exact) mass is 560 g/mol. The molecule has 2 N–H and O–H groups in total. The van der Waals surface area contributed by atoms with Gasteiger partial charge in [-0.3, -0.25) is 4.79 Å². The molecule has 0 aromatic heterocycles. The summed E-state index contributed by atoms with van der Waals surface area (Å²) in [6.07, 6.45) is -0.00980. The molecule has 0 aliphatic heterocycles. The summed E-state index contributed by atoms with van der Waals surface area (Å²) < 4.78 is 11.1. The minimum absolute atomic E-state index is 0.0315. The molecule has 0 saturated carbocycles. The molecule has 0 fully saturated rings. The van der Waals surface area contributed by atoms with Crippen molar-refractivity contribution in [3.63, 3.8) is 0 Å². The van der Waals surface area contributed by atoms with Gasteiger partial charge >= 0.3 is 12.1 Å². The fourth-order valence-corrected chi connectivity index (χ4v) is 4.98. The van der Waals surface area contributed by atoms with Crippen LogP contribution in [0.5, 0.6) is 0 Å². The summed E-state index contributed by atoms with van der Waals surface area (Å²) in [6.45, 7) is 5.74. The van der Waals surface area contributed by atoms with Crippen molar-refractivity contribution in [2.45, 2.75) is 56.4 Å². The van der Waals surface area contributed by atoms with Crippen LogP contribution < -0.4 is 10.6 Å². The van der Waals surface area contributed by atoms with Crippen molar-refractivity contribution in [1.82, 2.24) is 10.6 Å². The van der Waals surface area contributed by atoms with E-state index >= 15 is 0 Å². The van der Waals surface area contributed by atoms with Gasteiger partial charge in [0, 0.05) is 18.9 Å². The van der Waals surface area contributed by atoms with Gasteiger partial charge in [-0.15, -0.1) is 0 Å². The Balaban J connectivity index is 1.26. The number of amides is 2. The van der Waals surface area contributed by atoms with Crippen molar-refractivity contribution >= 4 is 30.6 Å². The molecule has 3 aromatic carbocycles. The van der Waals surface area contributed by atoms with Crippen LogP contribution in [-0.2, 0) is 25.5 Å². The van der Waals surface area contributed by atoms with Crippen molar-refractivity contribution in [2.24, 2.45) is 0 Å². The zero-order chi connectivity index (χ0) is 28.7. The minimum atomic E-state index is -0.862. The quantitative estimate of drug-likeness (QED) is 0.232. The van der Waals surface area contributed by atoms with Crippen LogP contribution in [0.4, 0.5) is 4.79 Å². The van der Waals surface area contributed by atoms with Crippen LogP contribution in [0.2, 0.25) is 0 Å². The molecule has 8 heteroatoms. The predicted octanol–water partition coefficient (Wildman–Crippen LogP) is 5.28. The van der Waals surface area contributed by atoms with E-state index in [2.05, 4.69) is 47.5 Å². The Bertz CT molecular complexity index is 1290. The van der Waals surface area contributed by atoms with E-state index in [1.54, 1.807) is 20.8 Å². The maximum Gasteiger partial charge on any atom is 0.407 e. The van der Waals surface area contributed by atoms with E-state index in [9.17, 15) is 14.4 Å². The Hall–Kier alpha value is -3.78. The van der Waals surface area contributed by atoms with Crippen molar-refractivity contribution in [3.8, 4) is 11.1 Å². The van der Waals surface area contributed by atoms with Gasteiger partial charge in [0.05, 0.1) is 5.25 Å². The molecule has 1 aliphatic carbocycles. The van der Waals surface area contributed by atoms with Crippen molar-refractivity contribution in [3.05, 3.63) is 95.6 Å². The van der Waals surface area contributed by atoms with E-state index in [-0.39, 0.29) is 25.5 Å². The largest absolute Gasteiger partial charge is 0.458 e. The van der Waals surface area contributed by atoms with Gasteiger partial charge in [0.1, 0.15) is 18.2 Å². The second-order valence-electron chi connectivity index (χ2n) is 10.8. The summed E-state index contributed by atoms with van der Waals surface area (Å²) in [6, 6.07) is 24.8. The number of nitrogens with one attached hydrogen (secondary N) is 2. The number of benzene rings is 3. The summed E-state index contributed by atoms with van der Waals surface area (Å²) >= 11 is 4.41. The molecule has 0 saturated heterocycles. The molecule has 4 rings (SSSR count). The van der Waals surface area contributed by atoms with E-state index in [0.29, 0.717) is 6.42 Å². The average Bonchev–Trinajstić information content (AvgIpc) is 3.24. The zero-order valence-corrected chi connectivity index (χ0v) is 23.9. The molecule has 0 radical (unpaired) electrons. The number of carbonyl (C=O) groups is 3. The van der Waals surface area contributed by atoms with Crippen LogP contribution in [0.25, 0.3) is 11.1 Å². The molecule has 2 amide bonds. The third-order valence-electron chi connectivity index (χ3n) is 6.62. The standard InChI is InChI=1S/C32H36N2O5S/c1-32(2,3)39-30(36)27(19-21-11-5-4-6-12-21)34-29(35)28(40)17-18-33-31(37)38-20-26-24-15-9-7-13-22(24)23-14-8-10-16-25(23)26/h4-16,26-28,40H,17-20H2,1-3H3,(H,33,37)(H,34,35)/t27-,28?/m0/s1. The van der Waals surface area contributed by atoms with Crippen molar-refractivity contribution in [1.29, 1.82) is 0 Å². The lowest BCUT2D eigenvalue weighted by Gasteiger charge is -2.25. The fraction of sp³-hybridized carbons (Fsp3) is 0.344. The number of hydrogen-bond acceptors (Lipinski definition) is 6. The zero-order valence-electron chi connectivity index (χ0n) is 23.1. The van der Waals surface area contributed by atoms with Crippen molar-refractivity contribution in [2.75, 3.05) is 13.2 Å². The first-order valence-corrected chi connectivity index (χ1v) is 14.0. The Labute approximate surface area is 241 Å². The lowest BCUT2D eigenvalue weighted by molar-refractivity contribution is -0.158. The Morgan fingerprint density at radius 3 is 2.05 bits per heavy atom. The number of rotatable bonds is 10. The van der Waals surface area contributed by atoms with Gasteiger partial charge in [0.25, 0.3) is 0 Å². The molecule has 1 unspecified atom stereocenters. The van der Waals surface area contributed by atoms with Crippen LogP contribution in [0, 0.1) is 0 Å². The second-order valence-corrected chi connectivity index (χ2v) is 11.5. The molecule has 0 heterocycles. The van der Waals surface area contributed by atoms with Gasteiger partial charge in [-0.1, -0.05) is 78.9 Å². The second kappa shape index (κ2) is 13.0.